The molecule has 6 rings (SSSR count). The van der Waals surface area contributed by atoms with Crippen LogP contribution in [0.1, 0.15) is 71.7 Å². The molecule has 0 heterocycles. The van der Waals surface area contributed by atoms with E-state index in [1.807, 2.05) is 12.1 Å². The van der Waals surface area contributed by atoms with Crippen molar-refractivity contribution in [2.75, 3.05) is 7.11 Å². The van der Waals surface area contributed by atoms with Crippen LogP contribution in [-0.2, 0) is 5.41 Å². The molecule has 0 radical (unpaired) electrons. The first-order valence-electron chi connectivity index (χ1n) is 11.3. The Morgan fingerprint density at radius 2 is 1.72 bits per heavy atom. The molecule has 5 heteroatoms. The minimum Gasteiger partial charge on any atom is -0.507 e. The molecule has 5 nitrogen and oxygen atoms in total. The molecule has 1 atom stereocenters. The van der Waals surface area contributed by atoms with Crippen LogP contribution < -0.4 is 4.74 Å². The van der Waals surface area contributed by atoms with Crippen molar-refractivity contribution >= 4 is 5.97 Å². The summed E-state index contributed by atoms with van der Waals surface area (Å²) in [5.41, 5.74) is 2.40. The monoisotopic (exact) mass is 432 g/mol. The van der Waals surface area contributed by atoms with E-state index in [1.165, 1.54) is 62.3 Å². The SMILES string of the molecule is COc1cc(C(O)C#Cc2ccc(C(=O)O)c(O)c2)ccc1C12CC3CC(CC(C3)C1)C2. The molecule has 4 bridgehead atoms. The highest BCUT2D eigenvalue weighted by molar-refractivity contribution is 5.90. The first-order chi connectivity index (χ1) is 15.4. The number of carboxylic acids is 1. The Labute approximate surface area is 188 Å². The van der Waals surface area contributed by atoms with Crippen molar-refractivity contribution < 1.29 is 24.9 Å². The molecule has 0 aromatic heterocycles. The Morgan fingerprint density at radius 3 is 2.28 bits per heavy atom. The van der Waals surface area contributed by atoms with Gasteiger partial charge in [0.1, 0.15) is 23.2 Å². The number of carbonyl (C=O) groups is 1. The molecule has 2 aromatic rings. The van der Waals surface area contributed by atoms with E-state index >= 15 is 0 Å². The zero-order valence-corrected chi connectivity index (χ0v) is 18.2. The highest BCUT2D eigenvalue weighted by atomic mass is 16.5. The van der Waals surface area contributed by atoms with Crippen molar-refractivity contribution in [1.29, 1.82) is 0 Å². The third-order valence-electron chi connectivity index (χ3n) is 7.73. The molecular weight excluding hydrogens is 404 g/mol. The van der Waals surface area contributed by atoms with Gasteiger partial charge in [-0.2, -0.15) is 0 Å². The Bertz CT molecular complexity index is 1090. The minimum atomic E-state index is -1.20. The largest absolute Gasteiger partial charge is 0.507 e. The van der Waals surface area contributed by atoms with Gasteiger partial charge in [0, 0.05) is 11.1 Å². The van der Waals surface area contributed by atoms with Gasteiger partial charge in [-0.3, -0.25) is 0 Å². The molecule has 0 spiro atoms. The Kier molecular flexibility index (Phi) is 5.14. The number of rotatable bonds is 4. The maximum Gasteiger partial charge on any atom is 0.339 e. The summed E-state index contributed by atoms with van der Waals surface area (Å²) in [6.45, 7) is 0. The highest BCUT2D eigenvalue weighted by Crippen LogP contribution is 2.61. The van der Waals surface area contributed by atoms with Gasteiger partial charge in [0.15, 0.2) is 0 Å². The molecule has 2 aromatic carbocycles. The number of hydrogen-bond acceptors (Lipinski definition) is 4. The van der Waals surface area contributed by atoms with Crippen molar-refractivity contribution in [3.8, 4) is 23.3 Å². The molecular formula is C27H28O5. The normalized spacial score (nSPS) is 28.6. The number of aliphatic hydroxyl groups is 1. The van der Waals surface area contributed by atoms with E-state index in [1.54, 1.807) is 7.11 Å². The molecule has 166 valence electrons. The van der Waals surface area contributed by atoms with Gasteiger partial charge in [-0.05, 0) is 91.5 Å². The number of methoxy groups -OCH3 is 1. The smallest absolute Gasteiger partial charge is 0.339 e. The number of aromatic hydroxyl groups is 1. The van der Waals surface area contributed by atoms with Crippen molar-refractivity contribution in [3.05, 3.63) is 58.7 Å². The van der Waals surface area contributed by atoms with Crippen LogP contribution in [0.15, 0.2) is 36.4 Å². The number of carboxylic acid groups (broad SMARTS) is 1. The van der Waals surface area contributed by atoms with Crippen molar-refractivity contribution in [1.82, 2.24) is 0 Å². The molecule has 4 aliphatic rings. The van der Waals surface area contributed by atoms with Gasteiger partial charge in [-0.25, -0.2) is 4.79 Å². The van der Waals surface area contributed by atoms with Crippen molar-refractivity contribution in [2.24, 2.45) is 17.8 Å². The van der Waals surface area contributed by atoms with E-state index in [-0.39, 0.29) is 16.7 Å². The van der Waals surface area contributed by atoms with Crippen LogP contribution in [0.2, 0.25) is 0 Å². The van der Waals surface area contributed by atoms with Crippen LogP contribution in [0, 0.1) is 29.6 Å². The number of phenols is 1. The summed E-state index contributed by atoms with van der Waals surface area (Å²) < 4.78 is 5.79. The quantitative estimate of drug-likeness (QED) is 0.612. The number of hydrogen-bond donors (Lipinski definition) is 3. The fourth-order valence-electron chi connectivity index (χ4n) is 6.78. The summed E-state index contributed by atoms with van der Waals surface area (Å²) in [6.07, 6.45) is 6.87. The van der Waals surface area contributed by atoms with Crippen LogP contribution in [-0.4, -0.2) is 28.4 Å². The lowest BCUT2D eigenvalue weighted by atomic mass is 9.48. The standard InChI is InChI=1S/C27H28O5/c1-32-25-12-20(23(28)7-3-16-2-5-21(26(30)31)24(29)11-16)4-6-22(25)27-13-17-8-18(14-27)10-19(9-17)15-27/h2,4-6,11-12,17-19,23,28-29H,8-10,13-15H2,1H3,(H,30,31). The first-order valence-corrected chi connectivity index (χ1v) is 11.3. The van der Waals surface area contributed by atoms with Crippen LogP contribution in [0.4, 0.5) is 0 Å². The maximum absolute atomic E-state index is 11.0. The maximum atomic E-state index is 11.0. The fourth-order valence-corrected chi connectivity index (χ4v) is 6.78. The molecule has 0 amide bonds. The second kappa shape index (κ2) is 7.86. The zero-order chi connectivity index (χ0) is 22.5. The van der Waals surface area contributed by atoms with E-state index in [2.05, 4.69) is 17.9 Å². The predicted octanol–water partition coefficient (Wildman–Crippen LogP) is 4.65. The summed E-state index contributed by atoms with van der Waals surface area (Å²) in [5, 5.41) is 29.5. The molecule has 4 fully saturated rings. The van der Waals surface area contributed by atoms with Gasteiger partial charge < -0.3 is 20.1 Å². The molecule has 4 saturated carbocycles. The predicted molar refractivity (Wildman–Crippen MR) is 120 cm³/mol. The lowest BCUT2D eigenvalue weighted by Crippen LogP contribution is -2.48. The Balaban J connectivity index is 1.40. The number of ether oxygens (including phenoxy) is 1. The van der Waals surface area contributed by atoms with E-state index in [9.17, 15) is 15.0 Å². The van der Waals surface area contributed by atoms with Gasteiger partial charge in [0.05, 0.1) is 7.11 Å². The summed E-state index contributed by atoms with van der Waals surface area (Å²) in [4.78, 5) is 11.0. The summed E-state index contributed by atoms with van der Waals surface area (Å²) in [7, 11) is 1.69. The third-order valence-corrected chi connectivity index (χ3v) is 7.73. The molecule has 0 saturated heterocycles. The number of benzene rings is 2. The third kappa shape index (κ3) is 3.63. The average molecular weight is 433 g/mol. The van der Waals surface area contributed by atoms with Crippen molar-refractivity contribution in [2.45, 2.75) is 50.0 Å². The van der Waals surface area contributed by atoms with Gasteiger partial charge in [-0.1, -0.05) is 24.0 Å². The van der Waals surface area contributed by atoms with Crippen molar-refractivity contribution in [3.63, 3.8) is 0 Å². The van der Waals surface area contributed by atoms with Crippen LogP contribution in [0.5, 0.6) is 11.5 Å². The number of aromatic carboxylic acids is 1. The average Bonchev–Trinajstić information content (AvgIpc) is 2.76. The lowest BCUT2D eigenvalue weighted by molar-refractivity contribution is -0.00618. The van der Waals surface area contributed by atoms with E-state index in [0.717, 1.165) is 23.5 Å². The van der Waals surface area contributed by atoms with Gasteiger partial charge in [0.25, 0.3) is 0 Å². The second-order valence-electron chi connectivity index (χ2n) is 9.87. The second-order valence-corrected chi connectivity index (χ2v) is 9.87. The number of aliphatic hydroxyl groups excluding tert-OH is 1. The van der Waals surface area contributed by atoms with Crippen LogP contribution >= 0.6 is 0 Å². The Hall–Kier alpha value is -2.97. The van der Waals surface area contributed by atoms with E-state index < -0.39 is 12.1 Å². The fraction of sp³-hybridized carbons (Fsp3) is 0.444. The molecule has 1 unspecified atom stereocenters. The Morgan fingerprint density at radius 1 is 1.06 bits per heavy atom. The molecule has 0 aliphatic heterocycles. The van der Waals surface area contributed by atoms with Gasteiger partial charge >= 0.3 is 5.97 Å². The zero-order valence-electron chi connectivity index (χ0n) is 18.2. The minimum absolute atomic E-state index is 0.180. The summed E-state index contributed by atoms with van der Waals surface area (Å²) >= 11 is 0. The van der Waals surface area contributed by atoms with E-state index in [4.69, 9.17) is 9.84 Å². The highest BCUT2D eigenvalue weighted by Gasteiger charge is 2.52. The summed E-state index contributed by atoms with van der Waals surface area (Å²) in [5.74, 6) is 7.40. The first kappa shape index (κ1) is 20.9. The van der Waals surface area contributed by atoms with Gasteiger partial charge in [0.2, 0.25) is 0 Å². The van der Waals surface area contributed by atoms with Crippen LogP contribution in [0.3, 0.4) is 0 Å². The lowest BCUT2D eigenvalue weighted by Gasteiger charge is -2.57. The summed E-state index contributed by atoms with van der Waals surface area (Å²) in [6, 6.07) is 10.1. The topological polar surface area (TPSA) is 87.0 Å². The molecule has 32 heavy (non-hydrogen) atoms. The molecule has 4 aliphatic carbocycles. The van der Waals surface area contributed by atoms with Gasteiger partial charge in [-0.15, -0.1) is 0 Å². The van der Waals surface area contributed by atoms with Crippen LogP contribution in [0.25, 0.3) is 0 Å². The molecule has 3 N–H and O–H groups in total. The van der Waals surface area contributed by atoms with E-state index in [0.29, 0.717) is 11.1 Å².